The summed E-state index contributed by atoms with van der Waals surface area (Å²) in [6.45, 7) is 0. The van der Waals surface area contributed by atoms with Crippen molar-refractivity contribution < 1.29 is 4.52 Å². The number of aromatic amines is 1. The minimum absolute atomic E-state index is 0.793. The molecule has 1 N–H and O–H groups in total. The summed E-state index contributed by atoms with van der Waals surface area (Å²) in [5.41, 5.74) is 4.47. The fourth-order valence-corrected chi connectivity index (χ4v) is 2.12. The van der Waals surface area contributed by atoms with Gasteiger partial charge in [0.25, 0.3) is 0 Å². The van der Waals surface area contributed by atoms with Crippen molar-refractivity contribution in [2.45, 2.75) is 0 Å². The van der Waals surface area contributed by atoms with E-state index in [9.17, 15) is 0 Å². The zero-order valence-corrected chi connectivity index (χ0v) is 9.34. The number of aromatic nitrogens is 3. The van der Waals surface area contributed by atoms with Gasteiger partial charge in [-0.2, -0.15) is 0 Å². The Labute approximate surface area is 102 Å². The summed E-state index contributed by atoms with van der Waals surface area (Å²) in [5, 5.41) is 5.14. The number of nitrogens with zero attached hydrogens (tertiary/aromatic N) is 2. The van der Waals surface area contributed by atoms with Gasteiger partial charge >= 0.3 is 0 Å². The molecule has 0 aliphatic rings. The molecule has 0 spiro atoms. The van der Waals surface area contributed by atoms with E-state index < -0.39 is 0 Å². The van der Waals surface area contributed by atoms with E-state index in [-0.39, 0.29) is 0 Å². The molecule has 2 heterocycles. The van der Waals surface area contributed by atoms with Crippen LogP contribution >= 0.6 is 0 Å². The summed E-state index contributed by atoms with van der Waals surface area (Å²) in [7, 11) is 0. The third-order valence-electron chi connectivity index (χ3n) is 3.02. The van der Waals surface area contributed by atoms with E-state index in [0.29, 0.717) is 0 Å². The Morgan fingerprint density at radius 2 is 2.06 bits per heavy atom. The van der Waals surface area contributed by atoms with Crippen LogP contribution in [0.15, 0.2) is 47.0 Å². The normalized spacial score (nSPS) is 11.3. The highest BCUT2D eigenvalue weighted by Crippen LogP contribution is 2.28. The number of fused-ring (bicyclic) bond motifs is 2. The van der Waals surface area contributed by atoms with Crippen molar-refractivity contribution in [3.63, 3.8) is 0 Å². The van der Waals surface area contributed by atoms with Crippen molar-refractivity contribution in [3.8, 4) is 11.3 Å². The van der Waals surface area contributed by atoms with Gasteiger partial charge in [0.1, 0.15) is 5.69 Å². The Bertz CT molecular complexity index is 844. The minimum Gasteiger partial charge on any atom is -0.356 e. The molecule has 0 saturated carbocycles. The predicted octanol–water partition coefficient (Wildman–Crippen LogP) is 3.17. The third kappa shape index (κ3) is 1.26. The highest BCUT2D eigenvalue weighted by Gasteiger charge is 2.10. The van der Waals surface area contributed by atoms with E-state index in [2.05, 4.69) is 21.5 Å². The van der Waals surface area contributed by atoms with Crippen LogP contribution in [0, 0.1) is 6.33 Å². The molecule has 0 bridgehead atoms. The molecule has 4 aromatic rings. The van der Waals surface area contributed by atoms with E-state index in [1.54, 1.807) is 0 Å². The fraction of sp³-hybridized carbons (Fsp3) is 0. The molecule has 0 unspecified atom stereocenters. The van der Waals surface area contributed by atoms with E-state index in [1.807, 2.05) is 42.5 Å². The molecule has 0 atom stereocenters. The number of rotatable bonds is 1. The van der Waals surface area contributed by atoms with Gasteiger partial charge in [-0.05, 0) is 24.3 Å². The van der Waals surface area contributed by atoms with Crippen molar-refractivity contribution in [1.82, 2.24) is 15.1 Å². The maximum absolute atomic E-state index is 5.31. The number of imidazole rings is 1. The first-order valence-electron chi connectivity index (χ1n) is 5.62. The van der Waals surface area contributed by atoms with Crippen LogP contribution in [0.3, 0.4) is 0 Å². The maximum atomic E-state index is 5.31. The standard InChI is InChI=1S/C14H8N3O/c1-2-4-13-10(3-1)14(17-18-13)9-5-6-11-12(7-9)16-8-15-11/h1-7H,(H,15,16). The lowest BCUT2D eigenvalue weighted by atomic mass is 10.1. The highest BCUT2D eigenvalue weighted by molar-refractivity contribution is 5.93. The second-order valence-corrected chi connectivity index (χ2v) is 4.11. The van der Waals surface area contributed by atoms with E-state index >= 15 is 0 Å². The van der Waals surface area contributed by atoms with Gasteiger partial charge in [0.2, 0.25) is 0 Å². The molecule has 18 heavy (non-hydrogen) atoms. The Kier molecular flexibility index (Phi) is 1.80. The zero-order chi connectivity index (χ0) is 11.9. The van der Waals surface area contributed by atoms with Crippen LogP contribution in [-0.2, 0) is 0 Å². The van der Waals surface area contributed by atoms with Crippen molar-refractivity contribution in [2.75, 3.05) is 0 Å². The summed E-state index contributed by atoms with van der Waals surface area (Å²) < 4.78 is 5.31. The van der Waals surface area contributed by atoms with Crippen molar-refractivity contribution in [3.05, 3.63) is 48.8 Å². The maximum Gasteiger partial charge on any atom is 0.174 e. The van der Waals surface area contributed by atoms with Gasteiger partial charge in [-0.15, -0.1) is 0 Å². The molecule has 4 heteroatoms. The topological polar surface area (TPSA) is 54.7 Å². The lowest BCUT2D eigenvalue weighted by molar-refractivity contribution is 0.459. The third-order valence-corrected chi connectivity index (χ3v) is 3.02. The van der Waals surface area contributed by atoms with E-state index in [4.69, 9.17) is 4.52 Å². The summed E-state index contributed by atoms with van der Waals surface area (Å²) >= 11 is 0. The average molecular weight is 234 g/mol. The molecular weight excluding hydrogens is 226 g/mol. The molecule has 0 aliphatic carbocycles. The van der Waals surface area contributed by atoms with Crippen LogP contribution in [0.25, 0.3) is 33.3 Å². The first-order chi connectivity index (χ1) is 8.92. The molecular formula is C14H8N3O. The summed E-state index contributed by atoms with van der Waals surface area (Å²) in [5.74, 6) is 0. The minimum atomic E-state index is 0.793. The molecule has 85 valence electrons. The van der Waals surface area contributed by atoms with Crippen LogP contribution in [0.4, 0.5) is 0 Å². The van der Waals surface area contributed by atoms with Crippen LogP contribution in [0.2, 0.25) is 0 Å². The SMILES string of the molecule is [c]1nc2cc(-c3noc4ccccc34)ccc2[nH]1. The Hall–Kier alpha value is -2.62. The Morgan fingerprint density at radius 3 is 3.06 bits per heavy atom. The van der Waals surface area contributed by atoms with Crippen LogP contribution in [0.1, 0.15) is 0 Å². The van der Waals surface area contributed by atoms with Gasteiger partial charge in [0, 0.05) is 10.9 Å². The molecule has 0 amide bonds. The fourth-order valence-electron chi connectivity index (χ4n) is 2.12. The van der Waals surface area contributed by atoms with Crippen molar-refractivity contribution >= 4 is 22.0 Å². The van der Waals surface area contributed by atoms with Gasteiger partial charge in [-0.1, -0.05) is 23.4 Å². The van der Waals surface area contributed by atoms with Gasteiger partial charge in [0.05, 0.1) is 11.0 Å². The number of H-pyrrole nitrogens is 1. The molecule has 1 radical (unpaired) electrons. The smallest absolute Gasteiger partial charge is 0.174 e. The lowest BCUT2D eigenvalue weighted by Gasteiger charge is -1.96. The van der Waals surface area contributed by atoms with Crippen LogP contribution in [0.5, 0.6) is 0 Å². The Morgan fingerprint density at radius 1 is 1.11 bits per heavy atom. The predicted molar refractivity (Wildman–Crippen MR) is 67.9 cm³/mol. The number of hydrogen-bond acceptors (Lipinski definition) is 3. The molecule has 0 saturated heterocycles. The largest absolute Gasteiger partial charge is 0.356 e. The molecule has 2 aromatic carbocycles. The highest BCUT2D eigenvalue weighted by atomic mass is 16.5. The van der Waals surface area contributed by atoms with Gasteiger partial charge in [-0.3, -0.25) is 0 Å². The first kappa shape index (κ1) is 9.41. The van der Waals surface area contributed by atoms with Gasteiger partial charge in [-0.25, -0.2) is 4.98 Å². The van der Waals surface area contributed by atoms with Gasteiger partial charge < -0.3 is 9.51 Å². The lowest BCUT2D eigenvalue weighted by Crippen LogP contribution is -1.79. The Balaban J connectivity index is 2.00. The van der Waals surface area contributed by atoms with Crippen LogP contribution in [-0.4, -0.2) is 15.1 Å². The quantitative estimate of drug-likeness (QED) is 0.550. The van der Waals surface area contributed by atoms with E-state index in [0.717, 1.165) is 33.3 Å². The van der Waals surface area contributed by atoms with Gasteiger partial charge in [0.15, 0.2) is 11.9 Å². The van der Waals surface area contributed by atoms with E-state index in [1.165, 1.54) is 0 Å². The zero-order valence-electron chi connectivity index (χ0n) is 9.34. The summed E-state index contributed by atoms with van der Waals surface area (Å²) in [4.78, 5) is 7.08. The molecule has 4 rings (SSSR count). The second kappa shape index (κ2) is 3.43. The first-order valence-corrected chi connectivity index (χ1v) is 5.62. The average Bonchev–Trinajstić information content (AvgIpc) is 3.04. The molecule has 0 fully saturated rings. The molecule has 0 aliphatic heterocycles. The monoisotopic (exact) mass is 234 g/mol. The number of nitrogens with one attached hydrogen (secondary N) is 1. The number of hydrogen-bond donors (Lipinski definition) is 1. The van der Waals surface area contributed by atoms with Crippen molar-refractivity contribution in [2.24, 2.45) is 0 Å². The van der Waals surface area contributed by atoms with Crippen molar-refractivity contribution in [1.29, 1.82) is 0 Å². The summed E-state index contributed by atoms with van der Waals surface area (Å²) in [6.07, 6.45) is 2.73. The summed E-state index contributed by atoms with van der Waals surface area (Å²) in [6, 6.07) is 13.8. The molecule has 4 nitrogen and oxygen atoms in total. The number of benzene rings is 2. The second-order valence-electron chi connectivity index (χ2n) is 4.11. The molecule has 2 aromatic heterocycles. The number of para-hydroxylation sites is 1. The van der Waals surface area contributed by atoms with Crippen LogP contribution < -0.4 is 0 Å².